The summed E-state index contributed by atoms with van der Waals surface area (Å²) < 4.78 is 14.7. The van der Waals surface area contributed by atoms with Crippen molar-refractivity contribution in [3.63, 3.8) is 0 Å². The summed E-state index contributed by atoms with van der Waals surface area (Å²) in [5, 5.41) is 9.39. The molecule has 0 unspecified atom stereocenters. The Bertz CT molecular complexity index is 755. The highest BCUT2D eigenvalue weighted by atomic mass is 19.1. The number of imide groups is 1. The summed E-state index contributed by atoms with van der Waals surface area (Å²) >= 11 is 0. The zero-order valence-electron chi connectivity index (χ0n) is 11.8. The predicted octanol–water partition coefficient (Wildman–Crippen LogP) is 2.45. The van der Waals surface area contributed by atoms with Crippen molar-refractivity contribution in [2.75, 3.05) is 0 Å². The molecule has 116 valence electrons. The molecule has 2 aromatic carbocycles. The van der Waals surface area contributed by atoms with Crippen molar-refractivity contribution in [3.05, 3.63) is 71.3 Å². The van der Waals surface area contributed by atoms with Gasteiger partial charge in [0.2, 0.25) is 0 Å². The molecule has 5 nitrogen and oxygen atoms in total. The maximum absolute atomic E-state index is 14.7. The van der Waals surface area contributed by atoms with Gasteiger partial charge in [0, 0.05) is 0 Å². The first-order valence-electron chi connectivity index (χ1n) is 6.91. The maximum Gasteiger partial charge on any atom is 0.330 e. The van der Waals surface area contributed by atoms with E-state index in [9.17, 15) is 23.9 Å². The molecule has 0 aliphatic carbocycles. The van der Waals surface area contributed by atoms with Gasteiger partial charge in [-0.15, -0.1) is 0 Å². The van der Waals surface area contributed by atoms with Crippen LogP contribution in [0.5, 0.6) is 0 Å². The van der Waals surface area contributed by atoms with Crippen LogP contribution in [0.3, 0.4) is 0 Å². The van der Waals surface area contributed by atoms with Crippen LogP contribution < -0.4 is 0 Å². The van der Waals surface area contributed by atoms with E-state index in [0.717, 1.165) is 0 Å². The molecule has 2 aromatic rings. The average Bonchev–Trinajstić information content (AvgIpc) is 2.81. The van der Waals surface area contributed by atoms with Gasteiger partial charge in [0.25, 0.3) is 11.8 Å². The number of amides is 2. The SMILES string of the molecule is O=C(O)[C@H]([C@@H](F)c1ccccc1)N1C(=O)c2ccccc2C1=O. The minimum absolute atomic E-state index is 0.0870. The number of hydrogen-bond acceptors (Lipinski definition) is 3. The van der Waals surface area contributed by atoms with Crippen LogP contribution in [0.25, 0.3) is 0 Å². The molecule has 2 atom stereocenters. The molecule has 0 radical (unpaired) electrons. The van der Waals surface area contributed by atoms with Gasteiger partial charge in [0.05, 0.1) is 11.1 Å². The van der Waals surface area contributed by atoms with Gasteiger partial charge in [0.15, 0.2) is 12.2 Å². The summed E-state index contributed by atoms with van der Waals surface area (Å²) in [7, 11) is 0. The summed E-state index contributed by atoms with van der Waals surface area (Å²) in [4.78, 5) is 36.8. The summed E-state index contributed by atoms with van der Waals surface area (Å²) in [6, 6.07) is 11.7. The van der Waals surface area contributed by atoms with Crippen LogP contribution in [0.15, 0.2) is 54.6 Å². The number of nitrogens with zero attached hydrogens (tertiary/aromatic N) is 1. The number of carbonyl (C=O) groups excluding carboxylic acids is 2. The number of fused-ring (bicyclic) bond motifs is 1. The monoisotopic (exact) mass is 313 g/mol. The Morgan fingerprint density at radius 2 is 1.39 bits per heavy atom. The number of benzene rings is 2. The van der Waals surface area contributed by atoms with Crippen molar-refractivity contribution in [2.45, 2.75) is 12.2 Å². The standard InChI is InChI=1S/C17H12FNO4/c18-13(10-6-2-1-3-7-10)14(17(22)23)19-15(20)11-8-4-5-9-12(11)16(19)21/h1-9,13-14H,(H,22,23)/t13-,14-/m0/s1. The highest BCUT2D eigenvalue weighted by molar-refractivity contribution is 6.22. The van der Waals surface area contributed by atoms with Crippen molar-refractivity contribution in [3.8, 4) is 0 Å². The number of rotatable bonds is 4. The van der Waals surface area contributed by atoms with Crippen LogP contribution in [0.1, 0.15) is 32.5 Å². The van der Waals surface area contributed by atoms with Gasteiger partial charge in [-0.1, -0.05) is 42.5 Å². The maximum atomic E-state index is 14.7. The van der Waals surface area contributed by atoms with Crippen LogP contribution in [-0.2, 0) is 4.79 Å². The fourth-order valence-corrected chi connectivity index (χ4v) is 2.65. The second-order valence-electron chi connectivity index (χ2n) is 5.12. The van der Waals surface area contributed by atoms with Crippen LogP contribution in [0.2, 0.25) is 0 Å². The molecule has 1 heterocycles. The van der Waals surface area contributed by atoms with E-state index >= 15 is 0 Å². The number of aliphatic carboxylic acids is 1. The third kappa shape index (κ3) is 2.38. The molecule has 0 bridgehead atoms. The largest absolute Gasteiger partial charge is 0.480 e. The Labute approximate surface area is 131 Å². The second kappa shape index (κ2) is 5.64. The number of carbonyl (C=O) groups is 3. The van der Waals surface area contributed by atoms with E-state index in [1.807, 2.05) is 0 Å². The first-order valence-corrected chi connectivity index (χ1v) is 6.91. The Morgan fingerprint density at radius 1 is 0.913 bits per heavy atom. The fourth-order valence-electron chi connectivity index (χ4n) is 2.65. The molecular formula is C17H12FNO4. The van der Waals surface area contributed by atoms with Crippen LogP contribution in [-0.4, -0.2) is 33.8 Å². The molecule has 0 saturated heterocycles. The number of hydrogen-bond donors (Lipinski definition) is 1. The molecule has 2 amide bonds. The van der Waals surface area contributed by atoms with E-state index in [1.165, 1.54) is 24.3 Å². The van der Waals surface area contributed by atoms with Gasteiger partial charge in [-0.2, -0.15) is 0 Å². The minimum Gasteiger partial charge on any atom is -0.480 e. The Balaban J connectivity index is 2.02. The van der Waals surface area contributed by atoms with Gasteiger partial charge >= 0.3 is 5.97 Å². The lowest BCUT2D eigenvalue weighted by molar-refractivity contribution is -0.144. The van der Waals surface area contributed by atoms with Gasteiger partial charge < -0.3 is 5.11 Å². The molecule has 0 spiro atoms. The number of alkyl halides is 1. The van der Waals surface area contributed by atoms with E-state index in [1.54, 1.807) is 30.3 Å². The fraction of sp³-hybridized carbons (Fsp3) is 0.118. The van der Waals surface area contributed by atoms with Crippen LogP contribution >= 0.6 is 0 Å². The molecule has 6 heteroatoms. The third-order valence-electron chi connectivity index (χ3n) is 3.75. The number of halogens is 1. The summed E-state index contributed by atoms with van der Waals surface area (Å²) in [6.45, 7) is 0. The van der Waals surface area contributed by atoms with Crippen molar-refractivity contribution in [1.29, 1.82) is 0 Å². The normalized spacial score (nSPS) is 16.1. The zero-order valence-corrected chi connectivity index (χ0v) is 11.8. The van der Waals surface area contributed by atoms with E-state index in [4.69, 9.17) is 0 Å². The second-order valence-corrected chi connectivity index (χ2v) is 5.12. The first kappa shape index (κ1) is 14.9. The van der Waals surface area contributed by atoms with Gasteiger partial charge in [-0.05, 0) is 17.7 Å². The first-order chi connectivity index (χ1) is 11.0. The van der Waals surface area contributed by atoms with Crippen molar-refractivity contribution in [2.24, 2.45) is 0 Å². The van der Waals surface area contributed by atoms with Crippen molar-refractivity contribution in [1.82, 2.24) is 4.90 Å². The summed E-state index contributed by atoms with van der Waals surface area (Å²) in [6.07, 6.45) is -2.02. The topological polar surface area (TPSA) is 74.7 Å². The smallest absolute Gasteiger partial charge is 0.330 e. The van der Waals surface area contributed by atoms with E-state index in [-0.39, 0.29) is 16.7 Å². The molecule has 0 aromatic heterocycles. The third-order valence-corrected chi connectivity index (χ3v) is 3.75. The van der Waals surface area contributed by atoms with Crippen LogP contribution in [0, 0.1) is 0 Å². The Morgan fingerprint density at radius 3 is 1.87 bits per heavy atom. The lowest BCUT2D eigenvalue weighted by atomic mass is 10.0. The Kier molecular flexibility index (Phi) is 3.65. The van der Waals surface area contributed by atoms with E-state index in [2.05, 4.69) is 0 Å². The lowest BCUT2D eigenvalue weighted by Gasteiger charge is -2.25. The van der Waals surface area contributed by atoms with Crippen molar-refractivity contribution < 1.29 is 23.9 Å². The molecule has 0 fully saturated rings. The quantitative estimate of drug-likeness (QED) is 0.880. The van der Waals surface area contributed by atoms with E-state index < -0.39 is 30.0 Å². The molecule has 3 rings (SSSR count). The average molecular weight is 313 g/mol. The highest BCUT2D eigenvalue weighted by Gasteiger charge is 2.46. The number of carboxylic acid groups (broad SMARTS) is 1. The molecule has 23 heavy (non-hydrogen) atoms. The molecule has 0 saturated carbocycles. The van der Waals surface area contributed by atoms with Gasteiger partial charge in [0.1, 0.15) is 0 Å². The van der Waals surface area contributed by atoms with Crippen LogP contribution in [0.4, 0.5) is 4.39 Å². The molecule has 1 aliphatic rings. The predicted molar refractivity (Wildman–Crippen MR) is 78.7 cm³/mol. The molecule has 1 N–H and O–H groups in total. The zero-order chi connectivity index (χ0) is 16.6. The lowest BCUT2D eigenvalue weighted by Crippen LogP contribution is -2.47. The van der Waals surface area contributed by atoms with Gasteiger partial charge in [-0.3, -0.25) is 14.5 Å². The summed E-state index contributed by atoms with van der Waals surface area (Å²) in [5.41, 5.74) is 0.268. The highest BCUT2D eigenvalue weighted by Crippen LogP contribution is 2.32. The minimum atomic E-state index is -2.02. The molecule has 1 aliphatic heterocycles. The van der Waals surface area contributed by atoms with Gasteiger partial charge in [-0.25, -0.2) is 9.18 Å². The Hall–Kier alpha value is -3.02. The summed E-state index contributed by atoms with van der Waals surface area (Å²) in [5.74, 6) is -3.16. The number of carboxylic acids is 1. The van der Waals surface area contributed by atoms with Crippen molar-refractivity contribution >= 4 is 17.8 Å². The molecular weight excluding hydrogens is 301 g/mol. The van der Waals surface area contributed by atoms with E-state index in [0.29, 0.717) is 4.90 Å².